The van der Waals surface area contributed by atoms with E-state index in [4.69, 9.17) is 21.6 Å². The molecule has 2 rings (SSSR count). The molecule has 0 aromatic heterocycles. The van der Waals surface area contributed by atoms with E-state index < -0.39 is 0 Å². The zero-order valence-electron chi connectivity index (χ0n) is 15.6. The van der Waals surface area contributed by atoms with Gasteiger partial charge in [0.15, 0.2) is 0 Å². The second-order valence-corrected chi connectivity index (χ2v) is 7.19. The van der Waals surface area contributed by atoms with E-state index in [0.717, 1.165) is 23.1 Å². The Kier molecular flexibility index (Phi) is 6.67. The van der Waals surface area contributed by atoms with Gasteiger partial charge in [0, 0.05) is 0 Å². The summed E-state index contributed by atoms with van der Waals surface area (Å²) in [5.41, 5.74) is 4.27. The summed E-state index contributed by atoms with van der Waals surface area (Å²) in [5.74, 6) is 1.26. The molecule has 4 heteroatoms. The third-order valence-electron chi connectivity index (χ3n) is 4.68. The van der Waals surface area contributed by atoms with Crippen molar-refractivity contribution in [1.82, 2.24) is 0 Å². The van der Waals surface area contributed by atoms with Crippen LogP contribution in [0, 0.1) is 29.6 Å². The highest BCUT2D eigenvalue weighted by atomic mass is 35.5. The molecule has 0 heterocycles. The first kappa shape index (κ1) is 19.8. The van der Waals surface area contributed by atoms with E-state index in [-0.39, 0.29) is 5.92 Å². The predicted octanol–water partition coefficient (Wildman–Crippen LogP) is 6.09. The minimum Gasteiger partial charge on any atom is -0.492 e. The molecule has 0 saturated heterocycles. The van der Waals surface area contributed by atoms with Crippen molar-refractivity contribution < 1.29 is 4.74 Å². The molecule has 0 aliphatic carbocycles. The van der Waals surface area contributed by atoms with Crippen LogP contribution in [0.5, 0.6) is 5.75 Å². The Hall–Kier alpha value is -2.49. The summed E-state index contributed by atoms with van der Waals surface area (Å²) < 4.78 is 5.92. The number of ether oxygens (including phenoxy) is 1. The summed E-state index contributed by atoms with van der Waals surface area (Å²) in [5, 5.41) is 18.9. The van der Waals surface area contributed by atoms with Crippen molar-refractivity contribution in [1.29, 1.82) is 10.5 Å². The Bertz CT molecular complexity index is 875. The van der Waals surface area contributed by atoms with Gasteiger partial charge in [-0.15, -0.1) is 0 Å². The van der Waals surface area contributed by atoms with Crippen LogP contribution in [0.3, 0.4) is 0 Å². The maximum absolute atomic E-state index is 9.28. The average Bonchev–Trinajstić information content (AvgIpc) is 2.63. The zero-order chi connectivity index (χ0) is 19.3. The molecule has 2 aromatic carbocycles. The van der Waals surface area contributed by atoms with Gasteiger partial charge in [-0.05, 0) is 60.1 Å². The fourth-order valence-electron chi connectivity index (χ4n) is 2.93. The van der Waals surface area contributed by atoms with Crippen LogP contribution in [0.1, 0.15) is 66.8 Å². The van der Waals surface area contributed by atoms with Crippen LogP contribution in [0.2, 0.25) is 5.02 Å². The molecule has 0 spiro atoms. The van der Waals surface area contributed by atoms with Crippen LogP contribution >= 0.6 is 11.6 Å². The Morgan fingerprint density at radius 1 is 1.04 bits per heavy atom. The SMILES string of the molecule is Cc1c(C(C)CCOc2cc(C(C)C)ccc2C#N)ccc(C#N)c1Cl. The molecule has 1 atom stereocenters. The molecule has 0 radical (unpaired) electrons. The molecule has 0 bridgehead atoms. The van der Waals surface area contributed by atoms with E-state index in [0.29, 0.717) is 34.4 Å². The van der Waals surface area contributed by atoms with Gasteiger partial charge in [-0.1, -0.05) is 44.5 Å². The number of halogens is 1. The fourth-order valence-corrected chi connectivity index (χ4v) is 3.15. The van der Waals surface area contributed by atoms with Crippen LogP contribution in [-0.4, -0.2) is 6.61 Å². The first-order chi connectivity index (χ1) is 12.4. The summed E-state index contributed by atoms with van der Waals surface area (Å²) in [6.45, 7) is 8.79. The molecule has 2 aromatic rings. The van der Waals surface area contributed by atoms with Crippen molar-refractivity contribution in [2.75, 3.05) is 6.61 Å². The van der Waals surface area contributed by atoms with Gasteiger partial charge in [0.2, 0.25) is 0 Å². The van der Waals surface area contributed by atoms with E-state index in [1.165, 1.54) is 0 Å². The van der Waals surface area contributed by atoms with E-state index >= 15 is 0 Å². The first-order valence-electron chi connectivity index (χ1n) is 8.75. The van der Waals surface area contributed by atoms with Crippen LogP contribution < -0.4 is 4.74 Å². The molecule has 26 heavy (non-hydrogen) atoms. The summed E-state index contributed by atoms with van der Waals surface area (Å²) >= 11 is 6.27. The molecule has 0 amide bonds. The maximum atomic E-state index is 9.28. The van der Waals surface area contributed by atoms with Crippen molar-refractivity contribution >= 4 is 11.6 Å². The number of hydrogen-bond donors (Lipinski definition) is 0. The second-order valence-electron chi connectivity index (χ2n) is 6.81. The standard InChI is InChI=1S/C22H23ClN2O/c1-14(2)17-5-6-18(12-24)21(11-17)26-10-9-15(3)20-8-7-19(13-25)22(23)16(20)4/h5-8,11,14-15H,9-10H2,1-4H3. The minimum absolute atomic E-state index is 0.235. The normalized spacial score (nSPS) is 11.7. The van der Waals surface area contributed by atoms with Crippen molar-refractivity contribution in [3.63, 3.8) is 0 Å². The molecule has 134 valence electrons. The largest absolute Gasteiger partial charge is 0.492 e. The minimum atomic E-state index is 0.235. The van der Waals surface area contributed by atoms with E-state index in [2.05, 4.69) is 32.9 Å². The molecule has 0 aliphatic rings. The lowest BCUT2D eigenvalue weighted by atomic mass is 9.92. The topological polar surface area (TPSA) is 56.8 Å². The smallest absolute Gasteiger partial charge is 0.137 e. The van der Waals surface area contributed by atoms with Gasteiger partial charge in [0.05, 0.1) is 22.8 Å². The lowest BCUT2D eigenvalue weighted by molar-refractivity contribution is 0.299. The van der Waals surface area contributed by atoms with Crippen LogP contribution in [0.4, 0.5) is 0 Å². The number of rotatable bonds is 6. The Balaban J connectivity index is 2.09. The average molecular weight is 367 g/mol. The third-order valence-corrected chi connectivity index (χ3v) is 5.17. The molecule has 0 aliphatic heterocycles. The van der Waals surface area contributed by atoms with Gasteiger partial charge < -0.3 is 4.74 Å². The maximum Gasteiger partial charge on any atom is 0.137 e. The Morgan fingerprint density at radius 3 is 2.31 bits per heavy atom. The molecule has 0 saturated carbocycles. The van der Waals surface area contributed by atoms with Gasteiger partial charge >= 0.3 is 0 Å². The number of hydrogen-bond acceptors (Lipinski definition) is 3. The quantitative estimate of drug-likeness (QED) is 0.621. The monoisotopic (exact) mass is 366 g/mol. The fraction of sp³-hybridized carbons (Fsp3) is 0.364. The molecule has 1 unspecified atom stereocenters. The summed E-state index contributed by atoms with van der Waals surface area (Å²) in [4.78, 5) is 0. The van der Waals surface area contributed by atoms with Crippen molar-refractivity contribution in [3.8, 4) is 17.9 Å². The van der Waals surface area contributed by atoms with Gasteiger partial charge in [0.1, 0.15) is 17.9 Å². The van der Waals surface area contributed by atoms with E-state index in [9.17, 15) is 5.26 Å². The number of nitrogens with zero attached hydrogens (tertiary/aromatic N) is 2. The molecule has 3 nitrogen and oxygen atoms in total. The number of nitriles is 2. The number of benzene rings is 2. The molecular weight excluding hydrogens is 344 g/mol. The highest BCUT2D eigenvalue weighted by molar-refractivity contribution is 6.32. The van der Waals surface area contributed by atoms with Gasteiger partial charge in [-0.3, -0.25) is 0 Å². The Labute approximate surface area is 160 Å². The van der Waals surface area contributed by atoms with Crippen molar-refractivity contribution in [3.05, 3.63) is 63.2 Å². The van der Waals surface area contributed by atoms with E-state index in [1.807, 2.05) is 31.2 Å². The van der Waals surface area contributed by atoms with Gasteiger partial charge in [-0.2, -0.15) is 10.5 Å². The van der Waals surface area contributed by atoms with Gasteiger partial charge in [0.25, 0.3) is 0 Å². The highest BCUT2D eigenvalue weighted by Gasteiger charge is 2.14. The highest BCUT2D eigenvalue weighted by Crippen LogP contribution is 2.31. The van der Waals surface area contributed by atoms with Crippen molar-refractivity contribution in [2.24, 2.45) is 0 Å². The van der Waals surface area contributed by atoms with Crippen LogP contribution in [0.15, 0.2) is 30.3 Å². The molecule has 0 N–H and O–H groups in total. The zero-order valence-corrected chi connectivity index (χ0v) is 16.4. The molecule has 0 fully saturated rings. The summed E-state index contributed by atoms with van der Waals surface area (Å²) in [7, 11) is 0. The summed E-state index contributed by atoms with van der Waals surface area (Å²) in [6.07, 6.45) is 0.792. The first-order valence-corrected chi connectivity index (χ1v) is 9.12. The third kappa shape index (κ3) is 4.37. The Morgan fingerprint density at radius 2 is 1.69 bits per heavy atom. The van der Waals surface area contributed by atoms with E-state index in [1.54, 1.807) is 6.07 Å². The predicted molar refractivity (Wildman–Crippen MR) is 105 cm³/mol. The lowest BCUT2D eigenvalue weighted by Gasteiger charge is -2.17. The lowest BCUT2D eigenvalue weighted by Crippen LogP contribution is -2.06. The summed E-state index contributed by atoms with van der Waals surface area (Å²) in [6, 6.07) is 13.8. The van der Waals surface area contributed by atoms with Crippen LogP contribution in [0.25, 0.3) is 0 Å². The molecular formula is C22H23ClN2O. The van der Waals surface area contributed by atoms with Gasteiger partial charge in [-0.25, -0.2) is 0 Å². The van der Waals surface area contributed by atoms with Crippen molar-refractivity contribution in [2.45, 2.75) is 46.0 Å². The second kappa shape index (κ2) is 8.75. The van der Waals surface area contributed by atoms with Crippen LogP contribution in [-0.2, 0) is 0 Å².